The number of amides is 1. The van der Waals surface area contributed by atoms with Crippen LogP contribution in [0.15, 0.2) is 66.9 Å². The van der Waals surface area contributed by atoms with Crippen molar-refractivity contribution in [2.45, 2.75) is 38.7 Å². The maximum absolute atomic E-state index is 12.5. The molecule has 1 aliphatic heterocycles. The van der Waals surface area contributed by atoms with Gasteiger partial charge in [-0.2, -0.15) is 5.10 Å². The molecule has 0 radical (unpaired) electrons. The maximum atomic E-state index is 12.5. The summed E-state index contributed by atoms with van der Waals surface area (Å²) >= 11 is 0. The Labute approximate surface area is 198 Å². The molecule has 7 heteroatoms. The molecule has 1 fully saturated rings. The number of nitrogens with zero attached hydrogens (tertiary/aromatic N) is 3. The van der Waals surface area contributed by atoms with Crippen molar-refractivity contribution in [3.8, 4) is 22.8 Å². The highest BCUT2D eigenvalue weighted by atomic mass is 16.6. The van der Waals surface area contributed by atoms with Gasteiger partial charge in [-0.05, 0) is 69.7 Å². The lowest BCUT2D eigenvalue weighted by Crippen LogP contribution is -2.35. The van der Waals surface area contributed by atoms with Crippen LogP contribution >= 0.6 is 0 Å². The third-order valence-electron chi connectivity index (χ3n) is 5.81. The van der Waals surface area contributed by atoms with Crippen LogP contribution in [0.25, 0.3) is 22.2 Å². The van der Waals surface area contributed by atoms with Gasteiger partial charge in [-0.3, -0.25) is 10.1 Å². The van der Waals surface area contributed by atoms with Gasteiger partial charge in [-0.1, -0.05) is 18.2 Å². The molecule has 1 unspecified atom stereocenters. The summed E-state index contributed by atoms with van der Waals surface area (Å²) in [5, 5.41) is 8.32. The first kappa shape index (κ1) is 21.9. The fourth-order valence-corrected chi connectivity index (χ4v) is 4.19. The van der Waals surface area contributed by atoms with E-state index in [1.54, 1.807) is 4.90 Å². The zero-order valence-corrected chi connectivity index (χ0v) is 19.6. The molecule has 1 N–H and O–H groups in total. The van der Waals surface area contributed by atoms with Crippen molar-refractivity contribution >= 4 is 17.0 Å². The van der Waals surface area contributed by atoms with Crippen molar-refractivity contribution in [1.82, 2.24) is 20.1 Å². The predicted octanol–water partition coefficient (Wildman–Crippen LogP) is 6.14. The zero-order valence-electron chi connectivity index (χ0n) is 19.6. The van der Waals surface area contributed by atoms with Crippen LogP contribution in [0.1, 0.15) is 38.8 Å². The Morgan fingerprint density at radius 3 is 2.53 bits per heavy atom. The molecule has 3 heterocycles. The summed E-state index contributed by atoms with van der Waals surface area (Å²) in [4.78, 5) is 19.3. The highest BCUT2D eigenvalue weighted by Gasteiger charge is 2.31. The first-order valence-electron chi connectivity index (χ1n) is 11.5. The number of likely N-dealkylation sites (tertiary alicyclic amines) is 1. The first-order chi connectivity index (χ1) is 16.4. The molecular formula is C27H28N4O3. The molecule has 2 aromatic heterocycles. The quantitative estimate of drug-likeness (QED) is 0.399. The zero-order chi connectivity index (χ0) is 23.7. The number of fused-ring (bicyclic) bond motifs is 1. The Kier molecular flexibility index (Phi) is 5.69. The molecule has 5 rings (SSSR count). The Balaban J connectivity index is 1.39. The normalized spacial score (nSPS) is 16.1. The third-order valence-corrected chi connectivity index (χ3v) is 5.81. The number of aromatic amines is 1. The van der Waals surface area contributed by atoms with Gasteiger partial charge in [0.15, 0.2) is 0 Å². The van der Waals surface area contributed by atoms with Gasteiger partial charge in [0, 0.05) is 35.7 Å². The lowest BCUT2D eigenvalue weighted by Gasteiger charge is -2.24. The van der Waals surface area contributed by atoms with E-state index in [0.717, 1.165) is 45.8 Å². The molecule has 0 saturated carbocycles. The second kappa shape index (κ2) is 8.82. The SMILES string of the molecule is CC(C)(C)OC(=O)N1CCC(c2cc3cn[nH]c3c(-c3ccc(Oc4ccccc4)cc3)n2)C1. The summed E-state index contributed by atoms with van der Waals surface area (Å²) in [5.74, 6) is 1.70. The molecule has 0 spiro atoms. The van der Waals surface area contributed by atoms with E-state index in [0.29, 0.717) is 13.1 Å². The van der Waals surface area contributed by atoms with Gasteiger partial charge in [0.1, 0.15) is 17.1 Å². The van der Waals surface area contributed by atoms with Gasteiger partial charge in [-0.15, -0.1) is 0 Å². The minimum absolute atomic E-state index is 0.145. The van der Waals surface area contributed by atoms with E-state index in [2.05, 4.69) is 16.3 Å². The molecule has 1 saturated heterocycles. The molecule has 1 atom stereocenters. The van der Waals surface area contributed by atoms with E-state index in [1.165, 1.54) is 0 Å². The largest absolute Gasteiger partial charge is 0.457 e. The summed E-state index contributed by atoms with van der Waals surface area (Å²) in [6.07, 6.45) is 2.39. The Morgan fingerprint density at radius 1 is 1.06 bits per heavy atom. The van der Waals surface area contributed by atoms with Crippen LogP contribution in [-0.2, 0) is 4.74 Å². The second-order valence-corrected chi connectivity index (χ2v) is 9.58. The van der Waals surface area contributed by atoms with Gasteiger partial charge < -0.3 is 14.4 Å². The monoisotopic (exact) mass is 456 g/mol. The van der Waals surface area contributed by atoms with Gasteiger partial charge in [0.05, 0.1) is 17.4 Å². The average Bonchev–Trinajstić information content (AvgIpc) is 3.48. The summed E-state index contributed by atoms with van der Waals surface area (Å²) in [6, 6.07) is 19.7. The van der Waals surface area contributed by atoms with Crippen LogP contribution in [0.5, 0.6) is 11.5 Å². The molecule has 7 nitrogen and oxygen atoms in total. The summed E-state index contributed by atoms with van der Waals surface area (Å²) in [6.45, 7) is 6.90. The Bertz CT molecular complexity index is 1290. The second-order valence-electron chi connectivity index (χ2n) is 9.58. The highest BCUT2D eigenvalue weighted by Crippen LogP contribution is 2.33. The number of carbonyl (C=O) groups excluding carboxylic acids is 1. The number of nitrogens with one attached hydrogen (secondary N) is 1. The number of aromatic nitrogens is 3. The molecular weight excluding hydrogens is 428 g/mol. The van der Waals surface area contributed by atoms with E-state index in [1.807, 2.05) is 81.6 Å². The number of ether oxygens (including phenoxy) is 2. The number of hydrogen-bond acceptors (Lipinski definition) is 5. The molecule has 0 aliphatic carbocycles. The standard InChI is InChI=1S/C27H28N4O3/c1-27(2,3)34-26(32)31-14-13-19(17-31)23-15-20-16-28-30-25(20)24(29-23)18-9-11-22(12-10-18)33-21-7-5-4-6-8-21/h4-12,15-16,19H,13-14,17H2,1-3H3,(H,28,30). The topological polar surface area (TPSA) is 80.3 Å². The van der Waals surface area contributed by atoms with Gasteiger partial charge in [0.25, 0.3) is 0 Å². The molecule has 1 aliphatic rings. The van der Waals surface area contributed by atoms with Crippen LogP contribution in [-0.4, -0.2) is 44.9 Å². The third kappa shape index (κ3) is 4.73. The van der Waals surface area contributed by atoms with Crippen LogP contribution < -0.4 is 4.74 Å². The van der Waals surface area contributed by atoms with Crippen molar-refractivity contribution < 1.29 is 14.3 Å². The summed E-state index contributed by atoms with van der Waals surface area (Å²) < 4.78 is 11.5. The van der Waals surface area contributed by atoms with Crippen LogP contribution in [0, 0.1) is 0 Å². The molecule has 0 bridgehead atoms. The van der Waals surface area contributed by atoms with E-state index in [9.17, 15) is 4.79 Å². The molecule has 4 aromatic rings. The Morgan fingerprint density at radius 2 is 1.79 bits per heavy atom. The van der Waals surface area contributed by atoms with Crippen molar-refractivity contribution in [2.24, 2.45) is 0 Å². The number of benzene rings is 2. The lowest BCUT2D eigenvalue weighted by molar-refractivity contribution is 0.0292. The van der Waals surface area contributed by atoms with Crippen LogP contribution in [0.3, 0.4) is 0 Å². The van der Waals surface area contributed by atoms with Crippen molar-refractivity contribution in [3.63, 3.8) is 0 Å². The molecule has 34 heavy (non-hydrogen) atoms. The van der Waals surface area contributed by atoms with Crippen molar-refractivity contribution in [3.05, 3.63) is 72.6 Å². The highest BCUT2D eigenvalue weighted by molar-refractivity contribution is 5.91. The lowest BCUT2D eigenvalue weighted by atomic mass is 10.0. The van der Waals surface area contributed by atoms with Gasteiger partial charge >= 0.3 is 6.09 Å². The molecule has 1 amide bonds. The number of carbonyl (C=O) groups is 1. The van der Waals surface area contributed by atoms with Crippen molar-refractivity contribution in [1.29, 1.82) is 0 Å². The van der Waals surface area contributed by atoms with E-state index >= 15 is 0 Å². The number of hydrogen-bond donors (Lipinski definition) is 1. The minimum atomic E-state index is -0.507. The van der Waals surface area contributed by atoms with E-state index in [4.69, 9.17) is 14.5 Å². The predicted molar refractivity (Wildman–Crippen MR) is 131 cm³/mol. The molecule has 174 valence electrons. The smallest absolute Gasteiger partial charge is 0.410 e. The van der Waals surface area contributed by atoms with Crippen LogP contribution in [0.2, 0.25) is 0 Å². The van der Waals surface area contributed by atoms with Crippen molar-refractivity contribution in [2.75, 3.05) is 13.1 Å². The number of rotatable bonds is 4. The number of H-pyrrole nitrogens is 1. The summed E-state index contributed by atoms with van der Waals surface area (Å²) in [5.41, 5.74) is 3.15. The number of para-hydroxylation sites is 1. The minimum Gasteiger partial charge on any atom is -0.457 e. The summed E-state index contributed by atoms with van der Waals surface area (Å²) in [7, 11) is 0. The number of pyridine rings is 1. The average molecular weight is 457 g/mol. The van der Waals surface area contributed by atoms with E-state index < -0.39 is 5.60 Å². The first-order valence-corrected chi connectivity index (χ1v) is 11.5. The maximum Gasteiger partial charge on any atom is 0.410 e. The molecule has 2 aromatic carbocycles. The Hall–Kier alpha value is -3.87. The van der Waals surface area contributed by atoms with Crippen LogP contribution in [0.4, 0.5) is 4.79 Å². The van der Waals surface area contributed by atoms with E-state index in [-0.39, 0.29) is 12.0 Å². The van der Waals surface area contributed by atoms with Gasteiger partial charge in [0.2, 0.25) is 0 Å². The fourth-order valence-electron chi connectivity index (χ4n) is 4.19. The fraction of sp³-hybridized carbons (Fsp3) is 0.296. The van der Waals surface area contributed by atoms with Gasteiger partial charge in [-0.25, -0.2) is 4.79 Å².